The first-order valence-electron chi connectivity index (χ1n) is 6.81. The van der Waals surface area contributed by atoms with Crippen LogP contribution in [0.3, 0.4) is 0 Å². The van der Waals surface area contributed by atoms with E-state index in [0.717, 1.165) is 12.2 Å². The van der Waals surface area contributed by atoms with Crippen molar-refractivity contribution in [3.05, 3.63) is 47.7 Å². The Morgan fingerprint density at radius 3 is 2.37 bits per heavy atom. The van der Waals surface area contributed by atoms with Crippen LogP contribution in [-0.2, 0) is 10.8 Å². The van der Waals surface area contributed by atoms with Gasteiger partial charge in [0.25, 0.3) is 0 Å². The number of rotatable bonds is 4. The van der Waals surface area contributed by atoms with Crippen LogP contribution in [0.25, 0.3) is 0 Å². The Balaban J connectivity index is 2.82. The van der Waals surface area contributed by atoms with Gasteiger partial charge in [0, 0.05) is 5.92 Å². The normalized spacial score (nSPS) is 12.0. The fourth-order valence-electron chi connectivity index (χ4n) is 1.49. The van der Waals surface area contributed by atoms with E-state index in [1.807, 2.05) is 6.07 Å². The molecule has 1 rings (SSSR count). The van der Waals surface area contributed by atoms with Gasteiger partial charge < -0.3 is 4.43 Å². The Morgan fingerprint density at radius 1 is 1.21 bits per heavy atom. The monoisotopic (exact) mass is 272 g/mol. The van der Waals surface area contributed by atoms with Crippen molar-refractivity contribution in [1.29, 1.82) is 0 Å². The van der Waals surface area contributed by atoms with Crippen molar-refractivity contribution < 1.29 is 4.43 Å². The van der Waals surface area contributed by atoms with Gasteiger partial charge in [0.2, 0.25) is 8.32 Å². The van der Waals surface area contributed by atoms with Crippen LogP contribution in [0, 0.1) is 17.8 Å². The van der Waals surface area contributed by atoms with E-state index in [1.165, 1.54) is 5.56 Å². The van der Waals surface area contributed by atoms with E-state index in [-0.39, 0.29) is 0 Å². The Kier molecular flexibility index (Phi) is 5.91. The van der Waals surface area contributed by atoms with Gasteiger partial charge in [-0.15, -0.1) is 0 Å². The minimum absolute atomic E-state index is 0.366. The molecule has 19 heavy (non-hydrogen) atoms. The molecule has 0 aromatic heterocycles. The third-order valence-electron chi connectivity index (χ3n) is 2.27. The Labute approximate surface area is 118 Å². The molecule has 1 aromatic carbocycles. The molecule has 0 N–H and O–H groups in total. The van der Waals surface area contributed by atoms with Crippen molar-refractivity contribution in [2.24, 2.45) is 5.92 Å². The summed E-state index contributed by atoms with van der Waals surface area (Å²) in [5.74, 6) is 7.55. The van der Waals surface area contributed by atoms with Crippen LogP contribution in [0.15, 0.2) is 42.2 Å². The van der Waals surface area contributed by atoms with E-state index in [4.69, 9.17) is 4.43 Å². The van der Waals surface area contributed by atoms with Crippen molar-refractivity contribution in [3.8, 4) is 11.8 Å². The Bertz CT molecular complexity index is 469. The van der Waals surface area contributed by atoms with Gasteiger partial charge in [0.1, 0.15) is 0 Å². The van der Waals surface area contributed by atoms with Gasteiger partial charge in [0.05, 0.1) is 0 Å². The van der Waals surface area contributed by atoms with E-state index in [1.54, 1.807) is 0 Å². The summed E-state index contributed by atoms with van der Waals surface area (Å²) in [5.41, 5.74) is 1.28. The molecule has 1 nitrogen and oxygen atoms in total. The highest BCUT2D eigenvalue weighted by Gasteiger charge is 2.16. The lowest BCUT2D eigenvalue weighted by Crippen LogP contribution is -2.24. The second-order valence-electron chi connectivity index (χ2n) is 5.90. The molecule has 0 saturated carbocycles. The van der Waals surface area contributed by atoms with Gasteiger partial charge in [-0.25, -0.2) is 0 Å². The standard InChI is InChI=1S/C17H24OSi/c1-15(2)11-13-17(18-19(3,4)5)14-12-16-9-7-6-8-10-16/h6-10,14-15H,12H2,1-5H3/b17-14+. The molecule has 0 aliphatic carbocycles. The summed E-state index contributed by atoms with van der Waals surface area (Å²) in [6.07, 6.45) is 2.97. The van der Waals surface area contributed by atoms with Crippen molar-refractivity contribution >= 4 is 8.32 Å². The average molecular weight is 272 g/mol. The minimum atomic E-state index is -1.60. The average Bonchev–Trinajstić information content (AvgIpc) is 2.32. The summed E-state index contributed by atoms with van der Waals surface area (Å²) in [7, 11) is -1.60. The molecule has 0 amide bonds. The van der Waals surface area contributed by atoms with Crippen LogP contribution in [-0.4, -0.2) is 8.32 Å². The smallest absolute Gasteiger partial charge is 0.243 e. The number of hydrogen-bond donors (Lipinski definition) is 0. The Morgan fingerprint density at radius 2 is 1.84 bits per heavy atom. The van der Waals surface area contributed by atoms with Gasteiger partial charge >= 0.3 is 0 Å². The molecular weight excluding hydrogens is 248 g/mol. The molecule has 0 unspecified atom stereocenters. The lowest BCUT2D eigenvalue weighted by molar-refractivity contribution is 0.444. The van der Waals surface area contributed by atoms with Crippen LogP contribution < -0.4 is 0 Å². The maximum atomic E-state index is 6.04. The molecule has 1 aromatic rings. The Hall–Kier alpha value is -1.46. The molecule has 0 atom stereocenters. The zero-order valence-electron chi connectivity index (χ0n) is 12.7. The van der Waals surface area contributed by atoms with Gasteiger partial charge in [-0.2, -0.15) is 0 Å². The van der Waals surface area contributed by atoms with E-state index < -0.39 is 8.32 Å². The maximum Gasteiger partial charge on any atom is 0.243 e. The van der Waals surface area contributed by atoms with Crippen LogP contribution >= 0.6 is 0 Å². The second-order valence-corrected chi connectivity index (χ2v) is 10.3. The zero-order valence-corrected chi connectivity index (χ0v) is 13.7. The first kappa shape index (κ1) is 15.6. The fraction of sp³-hybridized carbons (Fsp3) is 0.412. The van der Waals surface area contributed by atoms with E-state index in [0.29, 0.717) is 5.92 Å². The number of hydrogen-bond acceptors (Lipinski definition) is 1. The van der Waals surface area contributed by atoms with Gasteiger partial charge in [-0.3, -0.25) is 0 Å². The van der Waals surface area contributed by atoms with Crippen LogP contribution in [0.2, 0.25) is 19.6 Å². The van der Waals surface area contributed by atoms with Gasteiger partial charge in [0.15, 0.2) is 5.76 Å². The molecular formula is C17H24OSi. The summed E-state index contributed by atoms with van der Waals surface area (Å²) in [6.45, 7) is 10.7. The van der Waals surface area contributed by atoms with Crippen molar-refractivity contribution in [2.45, 2.75) is 39.9 Å². The molecule has 0 saturated heterocycles. The highest BCUT2D eigenvalue weighted by atomic mass is 28.4. The van der Waals surface area contributed by atoms with E-state index in [2.05, 4.69) is 75.7 Å². The first-order valence-corrected chi connectivity index (χ1v) is 10.2. The van der Waals surface area contributed by atoms with Crippen LogP contribution in [0.5, 0.6) is 0 Å². The summed E-state index contributed by atoms with van der Waals surface area (Å²) in [6, 6.07) is 10.4. The lowest BCUT2D eigenvalue weighted by atomic mass is 10.1. The predicted octanol–water partition coefficient (Wildman–Crippen LogP) is 4.62. The summed E-state index contributed by atoms with van der Waals surface area (Å²) in [5, 5.41) is 0. The predicted molar refractivity (Wildman–Crippen MR) is 85.3 cm³/mol. The largest absolute Gasteiger partial charge is 0.539 e. The highest BCUT2D eigenvalue weighted by Crippen LogP contribution is 2.11. The molecule has 0 aliphatic rings. The molecule has 2 heteroatoms. The first-order chi connectivity index (χ1) is 8.87. The third kappa shape index (κ3) is 7.53. The molecule has 0 radical (unpaired) electrons. The van der Waals surface area contributed by atoms with Crippen LogP contribution in [0.4, 0.5) is 0 Å². The fourth-order valence-corrected chi connectivity index (χ4v) is 2.28. The van der Waals surface area contributed by atoms with Crippen molar-refractivity contribution in [2.75, 3.05) is 0 Å². The maximum absolute atomic E-state index is 6.04. The highest BCUT2D eigenvalue weighted by molar-refractivity contribution is 6.70. The topological polar surface area (TPSA) is 9.23 Å². The van der Waals surface area contributed by atoms with Gasteiger partial charge in [-0.05, 0) is 43.6 Å². The minimum Gasteiger partial charge on any atom is -0.539 e. The molecule has 102 valence electrons. The van der Waals surface area contributed by atoms with E-state index >= 15 is 0 Å². The molecule has 0 bridgehead atoms. The molecule has 0 spiro atoms. The zero-order chi connectivity index (χ0) is 14.3. The second kappa shape index (κ2) is 7.21. The number of allylic oxidation sites excluding steroid dienone is 2. The SMILES string of the molecule is CC(C)C#C/C(=C\Cc1ccccc1)O[Si](C)(C)C. The summed E-state index contributed by atoms with van der Waals surface area (Å²) >= 11 is 0. The number of benzene rings is 1. The molecule has 0 aliphatic heterocycles. The third-order valence-corrected chi connectivity index (χ3v) is 3.10. The van der Waals surface area contributed by atoms with Gasteiger partial charge in [-0.1, -0.05) is 50.1 Å². The summed E-state index contributed by atoms with van der Waals surface area (Å²) < 4.78 is 6.04. The van der Waals surface area contributed by atoms with E-state index in [9.17, 15) is 0 Å². The molecule has 0 fully saturated rings. The van der Waals surface area contributed by atoms with Crippen molar-refractivity contribution in [3.63, 3.8) is 0 Å². The lowest BCUT2D eigenvalue weighted by Gasteiger charge is -2.18. The molecule has 0 heterocycles. The quantitative estimate of drug-likeness (QED) is 0.441. The summed E-state index contributed by atoms with van der Waals surface area (Å²) in [4.78, 5) is 0. The van der Waals surface area contributed by atoms with Crippen molar-refractivity contribution in [1.82, 2.24) is 0 Å². The van der Waals surface area contributed by atoms with Crippen LogP contribution in [0.1, 0.15) is 19.4 Å².